The van der Waals surface area contributed by atoms with Crippen LogP contribution >= 0.6 is 11.3 Å². The van der Waals surface area contributed by atoms with Gasteiger partial charge in [-0.05, 0) is 49.2 Å². The summed E-state index contributed by atoms with van der Waals surface area (Å²) in [6.07, 6.45) is 0.707. The van der Waals surface area contributed by atoms with E-state index in [1.807, 2.05) is 0 Å². The zero-order valence-electron chi connectivity index (χ0n) is 16.8. The van der Waals surface area contributed by atoms with E-state index in [1.165, 1.54) is 28.2 Å². The minimum absolute atomic E-state index is 0.319. The number of thiophene rings is 1. The molecule has 3 aromatic heterocycles. The molecule has 0 radical (unpaired) electrons. The van der Waals surface area contributed by atoms with Crippen molar-refractivity contribution in [2.45, 2.75) is 20.0 Å². The number of hydrogen-bond acceptors (Lipinski definition) is 7. The molecule has 0 fully saturated rings. The number of nitrogens with one attached hydrogen (secondary N) is 1. The van der Waals surface area contributed by atoms with Crippen LogP contribution < -0.4 is 5.32 Å². The lowest BCUT2D eigenvalue weighted by atomic mass is 10.1. The molecule has 10 heteroatoms. The van der Waals surface area contributed by atoms with Gasteiger partial charge in [0.05, 0.1) is 24.5 Å². The molecule has 158 valence electrons. The van der Waals surface area contributed by atoms with Crippen LogP contribution in [0.2, 0.25) is 0 Å². The number of anilines is 1. The van der Waals surface area contributed by atoms with Crippen molar-refractivity contribution < 1.29 is 18.4 Å². The van der Waals surface area contributed by atoms with Gasteiger partial charge in [-0.25, -0.2) is 4.39 Å². The van der Waals surface area contributed by atoms with E-state index in [9.17, 15) is 9.18 Å². The molecule has 1 aliphatic rings. The summed E-state index contributed by atoms with van der Waals surface area (Å²) in [4.78, 5) is 18.5. The largest absolute Gasteiger partial charge is 0.376 e. The third-order valence-electron chi connectivity index (χ3n) is 5.04. The fourth-order valence-electron chi connectivity index (χ4n) is 3.55. The average Bonchev–Trinajstić information content (AvgIpc) is 3.44. The number of aryl methyl sites for hydroxylation is 2. The molecular formula is C21H18FN5O3S. The average molecular weight is 439 g/mol. The first-order valence-corrected chi connectivity index (χ1v) is 10.5. The molecule has 0 saturated carbocycles. The van der Waals surface area contributed by atoms with Gasteiger partial charge in [0.25, 0.3) is 11.8 Å². The van der Waals surface area contributed by atoms with Crippen LogP contribution in [0.3, 0.4) is 0 Å². The van der Waals surface area contributed by atoms with Gasteiger partial charge >= 0.3 is 0 Å². The summed E-state index contributed by atoms with van der Waals surface area (Å²) >= 11 is 1.44. The Labute approximate surface area is 180 Å². The monoisotopic (exact) mass is 439 g/mol. The van der Waals surface area contributed by atoms with Crippen LogP contribution in [0, 0.1) is 12.7 Å². The van der Waals surface area contributed by atoms with E-state index in [4.69, 9.17) is 9.26 Å². The third-order valence-corrected chi connectivity index (χ3v) is 6.16. The summed E-state index contributed by atoms with van der Waals surface area (Å²) in [7, 11) is 1.69. The van der Waals surface area contributed by atoms with Crippen LogP contribution in [-0.2, 0) is 24.8 Å². The summed E-state index contributed by atoms with van der Waals surface area (Å²) in [5.74, 6) is 0.256. The number of ether oxygens (including phenoxy) is 1. The number of rotatable bonds is 4. The SMILES string of the molecule is Cc1noc(-c2c(NC(=O)c3cc(-c4ccc(F)cc4)nn3C)sc3c2CCOC3)n1. The first-order valence-electron chi connectivity index (χ1n) is 9.64. The first-order chi connectivity index (χ1) is 15.0. The normalized spacial score (nSPS) is 13.3. The molecule has 0 spiro atoms. The molecule has 0 aliphatic carbocycles. The second-order valence-corrected chi connectivity index (χ2v) is 8.26. The van der Waals surface area contributed by atoms with Crippen molar-refractivity contribution in [1.82, 2.24) is 19.9 Å². The van der Waals surface area contributed by atoms with Crippen molar-refractivity contribution in [3.63, 3.8) is 0 Å². The molecule has 1 aliphatic heterocycles. The second-order valence-electron chi connectivity index (χ2n) is 7.16. The Morgan fingerprint density at radius 3 is 2.84 bits per heavy atom. The lowest BCUT2D eigenvalue weighted by Crippen LogP contribution is -2.16. The molecule has 4 heterocycles. The molecule has 1 N–H and O–H groups in total. The molecule has 0 atom stereocenters. The molecule has 1 aromatic carbocycles. The third kappa shape index (κ3) is 3.64. The number of hydrogen-bond donors (Lipinski definition) is 1. The van der Waals surface area contributed by atoms with E-state index < -0.39 is 0 Å². The van der Waals surface area contributed by atoms with Gasteiger partial charge in [0.1, 0.15) is 16.5 Å². The van der Waals surface area contributed by atoms with Gasteiger partial charge in [0.15, 0.2) is 5.82 Å². The molecule has 0 saturated heterocycles. The van der Waals surface area contributed by atoms with Crippen molar-refractivity contribution in [1.29, 1.82) is 0 Å². The molecule has 4 aromatic rings. The number of carbonyl (C=O) groups excluding carboxylic acids is 1. The van der Waals surface area contributed by atoms with Crippen molar-refractivity contribution in [3.05, 3.63) is 58.1 Å². The van der Waals surface area contributed by atoms with E-state index in [-0.39, 0.29) is 11.7 Å². The van der Waals surface area contributed by atoms with Crippen molar-refractivity contribution in [3.8, 4) is 22.7 Å². The topological polar surface area (TPSA) is 95.1 Å². The standard InChI is InChI=1S/C21H18FN5O3S/c1-11-23-20(30-26-11)18-14-7-8-29-10-17(14)31-21(18)24-19(28)16-9-15(25-27(16)2)12-3-5-13(22)6-4-12/h3-6,9H,7-8,10H2,1-2H3,(H,24,28). The van der Waals surface area contributed by atoms with Gasteiger partial charge in [-0.15, -0.1) is 11.3 Å². The maximum atomic E-state index is 13.2. The fraction of sp³-hybridized carbons (Fsp3) is 0.238. The number of amides is 1. The van der Waals surface area contributed by atoms with E-state index in [0.29, 0.717) is 47.7 Å². The van der Waals surface area contributed by atoms with E-state index >= 15 is 0 Å². The Bertz CT molecular complexity index is 1270. The van der Waals surface area contributed by atoms with Crippen LogP contribution in [0.5, 0.6) is 0 Å². The fourth-order valence-corrected chi connectivity index (χ4v) is 4.73. The maximum absolute atomic E-state index is 13.2. The Hall–Kier alpha value is -3.37. The highest BCUT2D eigenvalue weighted by molar-refractivity contribution is 7.17. The molecule has 0 unspecified atom stereocenters. The predicted octanol–water partition coefficient (Wildman–Crippen LogP) is 3.97. The summed E-state index contributed by atoms with van der Waals surface area (Å²) in [6, 6.07) is 7.66. The smallest absolute Gasteiger partial charge is 0.274 e. The minimum Gasteiger partial charge on any atom is -0.376 e. The van der Waals surface area contributed by atoms with Gasteiger partial charge in [-0.2, -0.15) is 10.1 Å². The second kappa shape index (κ2) is 7.71. The number of nitrogens with zero attached hydrogens (tertiary/aromatic N) is 4. The van der Waals surface area contributed by atoms with Gasteiger partial charge < -0.3 is 14.6 Å². The van der Waals surface area contributed by atoms with Gasteiger partial charge in [-0.1, -0.05) is 5.16 Å². The predicted molar refractivity (Wildman–Crippen MR) is 112 cm³/mol. The molecule has 8 nitrogen and oxygen atoms in total. The number of halogens is 1. The van der Waals surface area contributed by atoms with Crippen molar-refractivity contribution in [2.75, 3.05) is 11.9 Å². The highest BCUT2D eigenvalue weighted by atomic mass is 32.1. The summed E-state index contributed by atoms with van der Waals surface area (Å²) < 4.78 is 25.7. The molecule has 5 rings (SSSR count). The Morgan fingerprint density at radius 1 is 1.29 bits per heavy atom. The number of benzene rings is 1. The van der Waals surface area contributed by atoms with E-state index in [2.05, 4.69) is 20.6 Å². The van der Waals surface area contributed by atoms with Crippen LogP contribution in [0.25, 0.3) is 22.7 Å². The number of aromatic nitrogens is 4. The lowest BCUT2D eigenvalue weighted by Gasteiger charge is -2.12. The molecule has 31 heavy (non-hydrogen) atoms. The van der Waals surface area contributed by atoms with Gasteiger partial charge in [0, 0.05) is 17.5 Å². The van der Waals surface area contributed by atoms with E-state index in [0.717, 1.165) is 21.6 Å². The van der Waals surface area contributed by atoms with Crippen LogP contribution in [0.4, 0.5) is 9.39 Å². The minimum atomic E-state index is -0.327. The molecule has 0 bridgehead atoms. The van der Waals surface area contributed by atoms with Gasteiger partial charge in [0.2, 0.25) is 0 Å². The summed E-state index contributed by atoms with van der Waals surface area (Å²) in [6.45, 7) is 2.83. The summed E-state index contributed by atoms with van der Waals surface area (Å²) in [5, 5.41) is 11.9. The van der Waals surface area contributed by atoms with Crippen molar-refractivity contribution >= 4 is 22.2 Å². The molecule has 1 amide bonds. The van der Waals surface area contributed by atoms with Gasteiger partial charge in [-0.3, -0.25) is 9.48 Å². The van der Waals surface area contributed by atoms with Crippen LogP contribution in [0.15, 0.2) is 34.9 Å². The summed E-state index contributed by atoms with van der Waals surface area (Å²) in [5.41, 5.74) is 3.49. The highest BCUT2D eigenvalue weighted by Crippen LogP contribution is 2.42. The van der Waals surface area contributed by atoms with Crippen LogP contribution in [-0.4, -0.2) is 32.4 Å². The number of carbonyl (C=O) groups is 1. The van der Waals surface area contributed by atoms with Crippen molar-refractivity contribution in [2.24, 2.45) is 7.05 Å². The highest BCUT2D eigenvalue weighted by Gasteiger charge is 2.27. The Kier molecular flexibility index (Phi) is 4.87. The Morgan fingerprint density at radius 2 is 2.10 bits per heavy atom. The van der Waals surface area contributed by atoms with Crippen LogP contribution in [0.1, 0.15) is 26.8 Å². The zero-order valence-corrected chi connectivity index (χ0v) is 17.6. The molecular weight excluding hydrogens is 421 g/mol. The first kappa shape index (κ1) is 19.6. The zero-order chi connectivity index (χ0) is 21.5. The maximum Gasteiger partial charge on any atom is 0.274 e. The lowest BCUT2D eigenvalue weighted by molar-refractivity contribution is 0.101. The quantitative estimate of drug-likeness (QED) is 0.517. The van der Waals surface area contributed by atoms with E-state index in [1.54, 1.807) is 32.2 Å². The number of fused-ring (bicyclic) bond motifs is 1. The Balaban J connectivity index is 1.49.